The standard InChI is InChI=1S/C17H19N3O2S2/c1-13-8-17(14(2)23-13)24(21,22)19-10-15-4-3-5-16(9-15)11-20-7-6-18-12-20/h3-9,12,19H,10-11H2,1-2H3. The van der Waals surface area contributed by atoms with Crippen LogP contribution in [-0.4, -0.2) is 18.0 Å². The molecule has 5 nitrogen and oxygen atoms in total. The van der Waals surface area contributed by atoms with E-state index in [9.17, 15) is 8.42 Å². The first kappa shape index (κ1) is 16.9. The van der Waals surface area contributed by atoms with Crippen LogP contribution in [0.25, 0.3) is 0 Å². The topological polar surface area (TPSA) is 64.0 Å². The zero-order chi connectivity index (χ0) is 17.2. The molecular weight excluding hydrogens is 342 g/mol. The highest BCUT2D eigenvalue weighted by molar-refractivity contribution is 7.89. The van der Waals surface area contributed by atoms with Crippen LogP contribution >= 0.6 is 11.3 Å². The van der Waals surface area contributed by atoms with E-state index in [1.807, 2.05) is 48.9 Å². The molecule has 0 aliphatic rings. The summed E-state index contributed by atoms with van der Waals surface area (Å²) in [5.41, 5.74) is 2.04. The van der Waals surface area contributed by atoms with Gasteiger partial charge in [-0.05, 0) is 31.0 Å². The molecule has 0 aliphatic heterocycles. The normalized spacial score (nSPS) is 11.8. The number of aryl methyl sites for hydroxylation is 2. The molecule has 24 heavy (non-hydrogen) atoms. The molecule has 0 saturated heterocycles. The van der Waals surface area contributed by atoms with Gasteiger partial charge in [-0.15, -0.1) is 11.3 Å². The van der Waals surface area contributed by atoms with Crippen molar-refractivity contribution in [1.82, 2.24) is 14.3 Å². The minimum absolute atomic E-state index is 0.272. The summed E-state index contributed by atoms with van der Waals surface area (Å²) >= 11 is 1.49. The van der Waals surface area contributed by atoms with Crippen molar-refractivity contribution in [3.63, 3.8) is 0 Å². The number of hydrogen-bond donors (Lipinski definition) is 1. The number of nitrogens with zero attached hydrogens (tertiary/aromatic N) is 2. The summed E-state index contributed by atoms with van der Waals surface area (Å²) in [7, 11) is -3.49. The highest BCUT2D eigenvalue weighted by Crippen LogP contribution is 2.24. The third-order valence-corrected chi connectivity index (χ3v) is 6.29. The average molecular weight is 361 g/mol. The summed E-state index contributed by atoms with van der Waals surface area (Å²) in [6.45, 7) is 4.73. The zero-order valence-corrected chi connectivity index (χ0v) is 15.2. The molecule has 0 atom stereocenters. The number of aromatic nitrogens is 2. The Hall–Kier alpha value is -1.96. The molecule has 0 unspecified atom stereocenters. The van der Waals surface area contributed by atoms with E-state index in [4.69, 9.17) is 0 Å². The van der Waals surface area contributed by atoms with Gasteiger partial charge in [0.25, 0.3) is 0 Å². The molecule has 0 fully saturated rings. The van der Waals surface area contributed by atoms with Crippen LogP contribution in [0.15, 0.2) is 53.9 Å². The van der Waals surface area contributed by atoms with Crippen LogP contribution in [0.4, 0.5) is 0 Å². The first-order valence-corrected chi connectivity index (χ1v) is 9.84. The Morgan fingerprint density at radius 3 is 2.67 bits per heavy atom. The van der Waals surface area contributed by atoms with Crippen molar-refractivity contribution < 1.29 is 8.42 Å². The Bertz CT molecular complexity index is 929. The van der Waals surface area contributed by atoms with Crippen LogP contribution in [0.3, 0.4) is 0 Å². The Morgan fingerprint density at radius 1 is 1.21 bits per heavy atom. The maximum absolute atomic E-state index is 12.5. The van der Waals surface area contributed by atoms with Crippen LogP contribution < -0.4 is 4.72 Å². The molecule has 126 valence electrons. The van der Waals surface area contributed by atoms with E-state index in [-0.39, 0.29) is 6.54 Å². The molecule has 0 spiro atoms. The number of benzene rings is 1. The second-order valence-electron chi connectivity index (χ2n) is 5.66. The molecule has 0 saturated carbocycles. The molecule has 1 aromatic carbocycles. The number of thiophene rings is 1. The maximum Gasteiger partial charge on any atom is 0.241 e. The molecule has 0 radical (unpaired) electrons. The molecule has 0 bridgehead atoms. The van der Waals surface area contributed by atoms with E-state index in [2.05, 4.69) is 9.71 Å². The van der Waals surface area contributed by atoms with Gasteiger partial charge in [0, 0.05) is 35.2 Å². The van der Waals surface area contributed by atoms with Crippen LogP contribution in [-0.2, 0) is 23.1 Å². The van der Waals surface area contributed by atoms with Crippen molar-refractivity contribution >= 4 is 21.4 Å². The van der Waals surface area contributed by atoms with Gasteiger partial charge in [0.15, 0.2) is 0 Å². The van der Waals surface area contributed by atoms with Crippen molar-refractivity contribution in [2.45, 2.75) is 31.8 Å². The van der Waals surface area contributed by atoms with Crippen LogP contribution in [0, 0.1) is 13.8 Å². The SMILES string of the molecule is Cc1cc(S(=O)(=O)NCc2cccc(Cn3ccnc3)c2)c(C)s1. The van der Waals surface area contributed by atoms with Crippen molar-refractivity contribution in [1.29, 1.82) is 0 Å². The fourth-order valence-corrected chi connectivity index (χ4v) is 5.13. The van der Waals surface area contributed by atoms with Crippen molar-refractivity contribution in [3.05, 3.63) is 69.9 Å². The molecule has 0 amide bonds. The fourth-order valence-electron chi connectivity index (χ4n) is 2.56. The lowest BCUT2D eigenvalue weighted by Gasteiger charge is -2.08. The lowest BCUT2D eigenvalue weighted by molar-refractivity contribution is 0.581. The summed E-state index contributed by atoms with van der Waals surface area (Å²) in [5, 5.41) is 0. The highest BCUT2D eigenvalue weighted by Gasteiger charge is 2.18. The van der Waals surface area contributed by atoms with Gasteiger partial charge in [0.2, 0.25) is 10.0 Å². The Kier molecular flexibility index (Phi) is 4.84. The smallest absolute Gasteiger partial charge is 0.241 e. The molecule has 2 aromatic heterocycles. The van der Waals surface area contributed by atoms with Crippen molar-refractivity contribution in [2.24, 2.45) is 0 Å². The Labute approximate surface area is 146 Å². The lowest BCUT2D eigenvalue weighted by Crippen LogP contribution is -2.23. The molecule has 2 heterocycles. The van der Waals surface area contributed by atoms with Gasteiger partial charge < -0.3 is 4.57 Å². The number of hydrogen-bond acceptors (Lipinski definition) is 4. The van der Waals surface area contributed by atoms with Crippen molar-refractivity contribution in [2.75, 3.05) is 0 Å². The number of nitrogens with one attached hydrogen (secondary N) is 1. The van der Waals surface area contributed by atoms with E-state index in [0.29, 0.717) is 11.4 Å². The van der Waals surface area contributed by atoms with Gasteiger partial charge in [-0.1, -0.05) is 24.3 Å². The largest absolute Gasteiger partial charge is 0.333 e. The molecule has 7 heteroatoms. The zero-order valence-electron chi connectivity index (χ0n) is 13.6. The van der Waals surface area contributed by atoms with Gasteiger partial charge in [-0.3, -0.25) is 0 Å². The highest BCUT2D eigenvalue weighted by atomic mass is 32.2. The number of imidazole rings is 1. The Morgan fingerprint density at radius 2 is 2.00 bits per heavy atom. The molecule has 0 aliphatic carbocycles. The summed E-state index contributed by atoms with van der Waals surface area (Å²) in [6.07, 6.45) is 5.40. The number of sulfonamides is 1. The monoisotopic (exact) mass is 361 g/mol. The van der Waals surface area contributed by atoms with Crippen LogP contribution in [0.5, 0.6) is 0 Å². The second-order valence-corrected chi connectivity index (χ2v) is 8.85. The number of rotatable bonds is 6. The van der Waals surface area contributed by atoms with E-state index in [0.717, 1.165) is 20.9 Å². The predicted molar refractivity (Wildman–Crippen MR) is 95.6 cm³/mol. The maximum atomic E-state index is 12.5. The van der Waals surface area contributed by atoms with Gasteiger partial charge >= 0.3 is 0 Å². The van der Waals surface area contributed by atoms with E-state index >= 15 is 0 Å². The summed E-state index contributed by atoms with van der Waals surface area (Å²) in [5.74, 6) is 0. The molecule has 3 aromatic rings. The third kappa shape index (κ3) is 3.92. The second kappa shape index (κ2) is 6.88. The minimum Gasteiger partial charge on any atom is -0.333 e. The van der Waals surface area contributed by atoms with E-state index in [1.54, 1.807) is 18.6 Å². The summed E-state index contributed by atoms with van der Waals surface area (Å²) in [4.78, 5) is 6.21. The predicted octanol–water partition coefficient (Wildman–Crippen LogP) is 3.09. The fraction of sp³-hybridized carbons (Fsp3) is 0.235. The molecule has 3 rings (SSSR count). The van der Waals surface area contributed by atoms with Gasteiger partial charge in [-0.25, -0.2) is 18.1 Å². The summed E-state index contributed by atoms with van der Waals surface area (Å²) in [6, 6.07) is 9.61. The van der Waals surface area contributed by atoms with Gasteiger partial charge in [0.1, 0.15) is 0 Å². The first-order chi connectivity index (χ1) is 11.4. The third-order valence-electron chi connectivity index (χ3n) is 3.67. The van der Waals surface area contributed by atoms with Gasteiger partial charge in [0.05, 0.1) is 11.2 Å². The van der Waals surface area contributed by atoms with Crippen LogP contribution in [0.1, 0.15) is 20.9 Å². The summed E-state index contributed by atoms with van der Waals surface area (Å²) < 4.78 is 29.6. The van der Waals surface area contributed by atoms with Crippen LogP contribution in [0.2, 0.25) is 0 Å². The first-order valence-electron chi connectivity index (χ1n) is 7.54. The Balaban J connectivity index is 1.71. The molecular formula is C17H19N3O2S2. The van der Waals surface area contributed by atoms with Crippen molar-refractivity contribution in [3.8, 4) is 0 Å². The quantitative estimate of drug-likeness (QED) is 0.734. The van der Waals surface area contributed by atoms with E-state index in [1.165, 1.54) is 11.3 Å². The lowest BCUT2D eigenvalue weighted by atomic mass is 10.1. The van der Waals surface area contributed by atoms with E-state index < -0.39 is 10.0 Å². The molecule has 1 N–H and O–H groups in total. The average Bonchev–Trinajstić information content (AvgIpc) is 3.15. The minimum atomic E-state index is -3.49. The van der Waals surface area contributed by atoms with Gasteiger partial charge in [-0.2, -0.15) is 0 Å².